The van der Waals surface area contributed by atoms with Gasteiger partial charge in [0.2, 0.25) is 5.75 Å². The molecule has 0 aromatic heterocycles. The van der Waals surface area contributed by atoms with E-state index in [2.05, 4.69) is 0 Å². The minimum atomic E-state index is -0.461. The molecule has 2 aromatic rings. The molecular weight excluding hydrogens is 244 g/mol. The summed E-state index contributed by atoms with van der Waals surface area (Å²) in [7, 11) is 0. The van der Waals surface area contributed by atoms with E-state index in [0.29, 0.717) is 12.3 Å². The Bertz CT molecular complexity index is 611. The van der Waals surface area contributed by atoms with Crippen molar-refractivity contribution in [2.75, 3.05) is 0 Å². The maximum Gasteiger partial charge on any atom is 0.311 e. The molecule has 0 amide bonds. The van der Waals surface area contributed by atoms with Crippen LogP contribution in [0.15, 0.2) is 42.5 Å². The van der Waals surface area contributed by atoms with Crippen LogP contribution in [0.4, 0.5) is 5.69 Å². The Labute approximate surface area is 110 Å². The van der Waals surface area contributed by atoms with Crippen molar-refractivity contribution in [2.45, 2.75) is 13.5 Å². The van der Waals surface area contributed by atoms with E-state index < -0.39 is 4.92 Å². The van der Waals surface area contributed by atoms with Gasteiger partial charge in [0, 0.05) is 12.6 Å². The number of hydrogen-bond donors (Lipinski definition) is 1. The van der Waals surface area contributed by atoms with Gasteiger partial charge in [0.25, 0.3) is 0 Å². The molecule has 5 nitrogen and oxygen atoms in total. The number of para-hydroxylation sites is 2. The van der Waals surface area contributed by atoms with Crippen LogP contribution in [0.5, 0.6) is 11.5 Å². The molecule has 0 fully saturated rings. The summed E-state index contributed by atoms with van der Waals surface area (Å²) in [6.07, 6.45) is 0. The Hall–Kier alpha value is -2.40. The number of nitro benzene ring substituents is 1. The number of hydrogen-bond acceptors (Lipinski definition) is 4. The molecule has 0 spiro atoms. The van der Waals surface area contributed by atoms with Crippen molar-refractivity contribution in [1.29, 1.82) is 0 Å². The highest BCUT2D eigenvalue weighted by atomic mass is 16.6. The third kappa shape index (κ3) is 2.89. The van der Waals surface area contributed by atoms with Gasteiger partial charge in [-0.25, -0.2) is 0 Å². The molecule has 19 heavy (non-hydrogen) atoms. The molecule has 0 bridgehead atoms. The Morgan fingerprint density at radius 1 is 1.21 bits per heavy atom. The lowest BCUT2D eigenvalue weighted by Gasteiger charge is -2.10. The molecule has 5 heteroatoms. The second-order valence-corrected chi connectivity index (χ2v) is 4.13. The summed E-state index contributed by atoms with van der Waals surface area (Å²) in [5, 5.41) is 10.9. The predicted molar refractivity (Wildman–Crippen MR) is 72.2 cm³/mol. The van der Waals surface area contributed by atoms with E-state index in [9.17, 15) is 10.1 Å². The van der Waals surface area contributed by atoms with E-state index in [1.165, 1.54) is 6.07 Å². The van der Waals surface area contributed by atoms with Crippen molar-refractivity contribution in [3.63, 3.8) is 0 Å². The third-order valence-electron chi connectivity index (χ3n) is 2.77. The van der Waals surface area contributed by atoms with Crippen molar-refractivity contribution in [1.82, 2.24) is 0 Å². The average Bonchev–Trinajstić information content (AvgIpc) is 2.41. The molecule has 0 aliphatic heterocycles. The van der Waals surface area contributed by atoms with E-state index in [0.717, 1.165) is 11.1 Å². The number of nitrogens with zero attached hydrogens (tertiary/aromatic N) is 1. The van der Waals surface area contributed by atoms with Gasteiger partial charge in [-0.2, -0.15) is 0 Å². The predicted octanol–water partition coefficient (Wildman–Crippen LogP) is 3.15. The molecule has 0 aliphatic rings. The molecule has 0 heterocycles. The highest BCUT2D eigenvalue weighted by molar-refractivity contribution is 5.49. The van der Waals surface area contributed by atoms with Crippen LogP contribution in [0.3, 0.4) is 0 Å². The van der Waals surface area contributed by atoms with Crippen LogP contribution < -0.4 is 10.5 Å². The van der Waals surface area contributed by atoms with Gasteiger partial charge in [0.05, 0.1) is 4.92 Å². The molecule has 2 aromatic carbocycles. The largest absolute Gasteiger partial charge is 0.450 e. The smallest absolute Gasteiger partial charge is 0.311 e. The van der Waals surface area contributed by atoms with E-state index in [1.807, 2.05) is 19.1 Å². The van der Waals surface area contributed by atoms with Gasteiger partial charge in [-0.1, -0.05) is 24.3 Å². The van der Waals surface area contributed by atoms with Crippen LogP contribution in [0, 0.1) is 17.0 Å². The minimum Gasteiger partial charge on any atom is -0.450 e. The summed E-state index contributed by atoms with van der Waals surface area (Å²) < 4.78 is 5.65. The first-order chi connectivity index (χ1) is 9.11. The van der Waals surface area contributed by atoms with Crippen LogP contribution in [-0.4, -0.2) is 4.92 Å². The number of nitro groups is 1. The van der Waals surface area contributed by atoms with Gasteiger partial charge in [0.1, 0.15) is 5.75 Å². The van der Waals surface area contributed by atoms with Crippen molar-refractivity contribution >= 4 is 5.69 Å². The normalized spacial score (nSPS) is 10.2. The number of rotatable bonds is 4. The van der Waals surface area contributed by atoms with Crippen LogP contribution in [0.25, 0.3) is 0 Å². The molecule has 0 aliphatic carbocycles. The van der Waals surface area contributed by atoms with E-state index in [-0.39, 0.29) is 11.4 Å². The number of ether oxygens (including phenoxy) is 1. The molecule has 0 saturated carbocycles. The summed E-state index contributed by atoms with van der Waals surface area (Å²) in [4.78, 5) is 10.5. The molecule has 2 N–H and O–H groups in total. The first-order valence-corrected chi connectivity index (χ1v) is 5.82. The second kappa shape index (κ2) is 5.49. The quantitative estimate of drug-likeness (QED) is 0.675. The monoisotopic (exact) mass is 258 g/mol. The lowest BCUT2D eigenvalue weighted by atomic mass is 10.1. The molecule has 0 saturated heterocycles. The molecule has 0 radical (unpaired) electrons. The zero-order valence-electron chi connectivity index (χ0n) is 10.5. The van der Waals surface area contributed by atoms with Crippen LogP contribution >= 0.6 is 0 Å². The van der Waals surface area contributed by atoms with Crippen LogP contribution in [0.2, 0.25) is 0 Å². The van der Waals surface area contributed by atoms with Crippen molar-refractivity contribution in [3.8, 4) is 11.5 Å². The second-order valence-electron chi connectivity index (χ2n) is 4.13. The lowest BCUT2D eigenvalue weighted by molar-refractivity contribution is -0.385. The molecule has 0 unspecified atom stereocenters. The topological polar surface area (TPSA) is 78.4 Å². The number of aryl methyl sites for hydroxylation is 1. The Balaban J connectivity index is 2.38. The molecule has 2 rings (SSSR count). The summed E-state index contributed by atoms with van der Waals surface area (Å²) in [5.74, 6) is 0.807. The average molecular weight is 258 g/mol. The highest BCUT2D eigenvalue weighted by Crippen LogP contribution is 2.32. The summed E-state index contributed by atoms with van der Waals surface area (Å²) in [6, 6.07) is 11.9. The summed E-state index contributed by atoms with van der Waals surface area (Å²) in [5.41, 5.74) is 7.34. The van der Waals surface area contributed by atoms with Gasteiger partial charge >= 0.3 is 5.69 Å². The van der Waals surface area contributed by atoms with Crippen LogP contribution in [0.1, 0.15) is 11.1 Å². The maximum atomic E-state index is 10.9. The van der Waals surface area contributed by atoms with Gasteiger partial charge in [-0.05, 0) is 30.2 Å². The first kappa shape index (κ1) is 13.0. The lowest BCUT2D eigenvalue weighted by Crippen LogP contribution is -1.98. The fourth-order valence-corrected chi connectivity index (χ4v) is 1.69. The Morgan fingerprint density at radius 3 is 2.63 bits per heavy atom. The first-order valence-electron chi connectivity index (χ1n) is 5.82. The SMILES string of the molecule is Cc1ccc(CN)cc1Oc1ccccc1[N+](=O)[O-]. The van der Waals surface area contributed by atoms with E-state index in [1.54, 1.807) is 24.3 Å². The van der Waals surface area contributed by atoms with Crippen molar-refractivity contribution in [2.24, 2.45) is 5.73 Å². The zero-order valence-corrected chi connectivity index (χ0v) is 10.5. The maximum absolute atomic E-state index is 10.9. The zero-order chi connectivity index (χ0) is 13.8. The minimum absolute atomic E-state index is 0.0555. The van der Waals surface area contributed by atoms with Gasteiger partial charge in [-0.3, -0.25) is 10.1 Å². The van der Waals surface area contributed by atoms with Gasteiger partial charge in [-0.15, -0.1) is 0 Å². The molecule has 98 valence electrons. The van der Waals surface area contributed by atoms with E-state index in [4.69, 9.17) is 10.5 Å². The van der Waals surface area contributed by atoms with Gasteiger partial charge in [0.15, 0.2) is 0 Å². The Kier molecular flexibility index (Phi) is 3.77. The molecular formula is C14H14N2O3. The van der Waals surface area contributed by atoms with E-state index >= 15 is 0 Å². The summed E-state index contributed by atoms with van der Waals surface area (Å²) in [6.45, 7) is 2.28. The molecule has 0 atom stereocenters. The highest BCUT2D eigenvalue weighted by Gasteiger charge is 2.15. The van der Waals surface area contributed by atoms with Gasteiger partial charge < -0.3 is 10.5 Å². The van der Waals surface area contributed by atoms with Crippen molar-refractivity contribution in [3.05, 3.63) is 63.7 Å². The fourth-order valence-electron chi connectivity index (χ4n) is 1.69. The Morgan fingerprint density at radius 2 is 1.95 bits per heavy atom. The fraction of sp³-hybridized carbons (Fsp3) is 0.143. The van der Waals surface area contributed by atoms with Crippen molar-refractivity contribution < 1.29 is 9.66 Å². The number of nitrogens with two attached hydrogens (primary N) is 1. The van der Waals surface area contributed by atoms with Crippen LogP contribution in [-0.2, 0) is 6.54 Å². The summed E-state index contributed by atoms with van der Waals surface area (Å²) >= 11 is 0. The number of benzene rings is 2. The third-order valence-corrected chi connectivity index (χ3v) is 2.77. The standard InChI is InChI=1S/C14H14N2O3/c1-10-6-7-11(9-15)8-14(10)19-13-5-3-2-4-12(13)16(17)18/h2-8H,9,15H2,1H3.